The Balaban J connectivity index is 0.000000211. The van der Waals surface area contributed by atoms with Crippen molar-refractivity contribution in [2.45, 2.75) is 6.04 Å². The highest BCUT2D eigenvalue weighted by molar-refractivity contribution is 5.73. The first-order valence-corrected chi connectivity index (χ1v) is 3.20. The highest BCUT2D eigenvalue weighted by Gasteiger charge is 2.06. The molecular formula is C6H11N3O3. The Kier molecular flexibility index (Phi) is 5.58. The maximum atomic E-state index is 9.65. The minimum atomic E-state index is -1.18. The summed E-state index contributed by atoms with van der Waals surface area (Å²) in [4.78, 5) is 16.1. The van der Waals surface area contributed by atoms with Crippen molar-refractivity contribution >= 4 is 5.97 Å². The summed E-state index contributed by atoms with van der Waals surface area (Å²) in [5, 5.41) is 15.9. The topological polar surface area (TPSA) is 112 Å². The normalized spacial score (nSPS) is 11.2. The summed E-state index contributed by atoms with van der Waals surface area (Å²) in [6.07, 6.45) is 5.08. The van der Waals surface area contributed by atoms with E-state index >= 15 is 0 Å². The number of nitrogens with one attached hydrogen (secondary N) is 1. The van der Waals surface area contributed by atoms with Crippen LogP contribution in [0.4, 0.5) is 0 Å². The van der Waals surface area contributed by atoms with Crippen molar-refractivity contribution < 1.29 is 15.0 Å². The molecule has 1 unspecified atom stereocenters. The lowest BCUT2D eigenvalue weighted by Crippen LogP contribution is -2.33. The predicted octanol–water partition coefficient (Wildman–Crippen LogP) is -1.20. The van der Waals surface area contributed by atoms with Crippen LogP contribution in [0.1, 0.15) is 0 Å². The number of rotatable bonds is 2. The molecule has 0 aliphatic rings. The van der Waals surface area contributed by atoms with E-state index in [1.165, 1.54) is 0 Å². The molecule has 0 spiro atoms. The van der Waals surface area contributed by atoms with Gasteiger partial charge in [0.15, 0.2) is 0 Å². The SMILES string of the molecule is NC(CO)C(=O)O.c1c[nH]cn1. The summed E-state index contributed by atoms with van der Waals surface area (Å²) in [5.41, 5.74) is 4.77. The Morgan fingerprint density at radius 2 is 2.42 bits per heavy atom. The fourth-order valence-corrected chi connectivity index (χ4v) is 0.293. The second-order valence-electron chi connectivity index (χ2n) is 1.89. The zero-order valence-corrected chi connectivity index (χ0v) is 6.34. The third-order valence-electron chi connectivity index (χ3n) is 0.920. The molecule has 0 aliphatic carbocycles. The molecule has 5 N–H and O–H groups in total. The van der Waals surface area contributed by atoms with Crippen LogP contribution in [-0.2, 0) is 4.79 Å². The van der Waals surface area contributed by atoms with Gasteiger partial charge in [-0.25, -0.2) is 4.98 Å². The Morgan fingerprint density at radius 1 is 1.75 bits per heavy atom. The maximum absolute atomic E-state index is 9.65. The molecule has 1 rings (SSSR count). The van der Waals surface area contributed by atoms with Crippen LogP contribution in [0.2, 0.25) is 0 Å². The van der Waals surface area contributed by atoms with Gasteiger partial charge >= 0.3 is 5.97 Å². The van der Waals surface area contributed by atoms with Gasteiger partial charge in [0.2, 0.25) is 0 Å². The van der Waals surface area contributed by atoms with Gasteiger partial charge in [-0.1, -0.05) is 0 Å². The van der Waals surface area contributed by atoms with E-state index in [-0.39, 0.29) is 0 Å². The molecule has 0 aliphatic heterocycles. The van der Waals surface area contributed by atoms with Gasteiger partial charge in [-0.15, -0.1) is 0 Å². The zero-order valence-electron chi connectivity index (χ0n) is 6.34. The van der Waals surface area contributed by atoms with Crippen LogP contribution in [0.3, 0.4) is 0 Å². The number of nitrogens with two attached hydrogens (primary N) is 1. The molecule has 0 saturated heterocycles. The number of imidazole rings is 1. The third-order valence-corrected chi connectivity index (χ3v) is 0.920. The molecule has 1 aromatic rings. The van der Waals surface area contributed by atoms with Crippen molar-refractivity contribution in [3.05, 3.63) is 18.7 Å². The molecule has 0 radical (unpaired) electrons. The average molecular weight is 173 g/mol. The van der Waals surface area contributed by atoms with E-state index in [1.54, 1.807) is 18.7 Å². The van der Waals surface area contributed by atoms with E-state index in [1.807, 2.05) is 0 Å². The van der Waals surface area contributed by atoms with Gasteiger partial charge in [0.05, 0.1) is 12.9 Å². The summed E-state index contributed by atoms with van der Waals surface area (Å²) >= 11 is 0. The van der Waals surface area contributed by atoms with E-state index in [4.69, 9.17) is 15.9 Å². The van der Waals surface area contributed by atoms with Crippen molar-refractivity contribution in [3.63, 3.8) is 0 Å². The van der Waals surface area contributed by atoms with Crippen LogP contribution in [0.15, 0.2) is 18.7 Å². The summed E-state index contributed by atoms with van der Waals surface area (Å²) < 4.78 is 0. The Hall–Kier alpha value is -1.40. The molecule has 12 heavy (non-hydrogen) atoms. The third kappa shape index (κ3) is 5.39. The summed E-state index contributed by atoms with van der Waals surface area (Å²) in [6.45, 7) is -0.505. The number of aliphatic hydroxyl groups excluding tert-OH is 1. The fourth-order valence-electron chi connectivity index (χ4n) is 0.293. The number of hydrogen-bond acceptors (Lipinski definition) is 4. The Labute approximate surface area is 69.1 Å². The van der Waals surface area contributed by atoms with E-state index in [9.17, 15) is 4.79 Å². The predicted molar refractivity (Wildman–Crippen MR) is 41.3 cm³/mol. The first-order chi connectivity index (χ1) is 5.68. The molecule has 6 nitrogen and oxygen atoms in total. The van der Waals surface area contributed by atoms with E-state index in [2.05, 4.69) is 9.97 Å². The maximum Gasteiger partial charge on any atom is 0.322 e. The quantitative estimate of drug-likeness (QED) is 0.448. The number of carboxylic acids is 1. The first-order valence-electron chi connectivity index (χ1n) is 3.20. The molecular weight excluding hydrogens is 162 g/mol. The number of aliphatic hydroxyl groups is 1. The van der Waals surface area contributed by atoms with Crippen LogP contribution in [0.25, 0.3) is 0 Å². The molecule has 1 aromatic heterocycles. The van der Waals surface area contributed by atoms with Crippen molar-refractivity contribution in [2.24, 2.45) is 5.73 Å². The fraction of sp³-hybridized carbons (Fsp3) is 0.333. The van der Waals surface area contributed by atoms with Crippen LogP contribution in [-0.4, -0.2) is 38.8 Å². The number of hydrogen-bond donors (Lipinski definition) is 4. The smallest absolute Gasteiger partial charge is 0.322 e. The molecule has 0 aromatic carbocycles. The van der Waals surface area contributed by atoms with Gasteiger partial charge in [0.1, 0.15) is 6.04 Å². The van der Waals surface area contributed by atoms with Gasteiger partial charge in [0.25, 0.3) is 0 Å². The number of aromatic nitrogens is 2. The molecule has 68 valence electrons. The summed E-state index contributed by atoms with van der Waals surface area (Å²) in [6, 6.07) is -1.13. The minimum Gasteiger partial charge on any atom is -0.480 e. The lowest BCUT2D eigenvalue weighted by Gasteiger charge is -1.96. The van der Waals surface area contributed by atoms with Crippen molar-refractivity contribution in [1.29, 1.82) is 0 Å². The molecule has 6 heteroatoms. The lowest BCUT2D eigenvalue weighted by molar-refractivity contribution is -0.139. The molecule has 1 heterocycles. The van der Waals surface area contributed by atoms with Crippen molar-refractivity contribution in [2.75, 3.05) is 6.61 Å². The number of aromatic amines is 1. The molecule has 1 atom stereocenters. The van der Waals surface area contributed by atoms with E-state index in [0.717, 1.165) is 0 Å². The largest absolute Gasteiger partial charge is 0.480 e. The Morgan fingerprint density at radius 3 is 2.50 bits per heavy atom. The van der Waals surface area contributed by atoms with Gasteiger partial charge in [-0.2, -0.15) is 0 Å². The highest BCUT2D eigenvalue weighted by atomic mass is 16.4. The standard InChI is InChI=1S/C3H4N2.C3H7NO3/c1-2-5-3-4-1;4-2(1-5)3(6)7/h1-3H,(H,4,5);2,5H,1,4H2,(H,6,7). The second-order valence-corrected chi connectivity index (χ2v) is 1.89. The summed E-state index contributed by atoms with van der Waals surface area (Å²) in [5.74, 6) is -1.18. The van der Waals surface area contributed by atoms with Gasteiger partial charge < -0.3 is 20.9 Å². The van der Waals surface area contributed by atoms with Gasteiger partial charge in [-0.05, 0) is 0 Å². The average Bonchev–Trinajstić information content (AvgIpc) is 2.59. The summed E-state index contributed by atoms with van der Waals surface area (Å²) in [7, 11) is 0. The van der Waals surface area contributed by atoms with E-state index < -0.39 is 18.6 Å². The van der Waals surface area contributed by atoms with Crippen LogP contribution < -0.4 is 5.73 Å². The van der Waals surface area contributed by atoms with Crippen LogP contribution in [0, 0.1) is 0 Å². The van der Waals surface area contributed by atoms with Crippen LogP contribution in [0.5, 0.6) is 0 Å². The van der Waals surface area contributed by atoms with Crippen molar-refractivity contribution in [3.8, 4) is 0 Å². The molecule has 0 fully saturated rings. The first kappa shape index (κ1) is 10.6. The highest BCUT2D eigenvalue weighted by Crippen LogP contribution is 1.71. The minimum absolute atomic E-state index is 0.505. The zero-order chi connectivity index (χ0) is 9.40. The number of nitrogens with zero attached hydrogens (tertiary/aromatic N) is 1. The van der Waals surface area contributed by atoms with Gasteiger partial charge in [0, 0.05) is 12.4 Å². The molecule has 0 saturated carbocycles. The molecule has 0 amide bonds. The number of H-pyrrole nitrogens is 1. The lowest BCUT2D eigenvalue weighted by atomic mass is 10.3. The molecule has 0 bridgehead atoms. The second kappa shape index (κ2) is 6.32. The van der Waals surface area contributed by atoms with Crippen molar-refractivity contribution in [1.82, 2.24) is 9.97 Å². The van der Waals surface area contributed by atoms with Crippen LogP contribution >= 0.6 is 0 Å². The monoisotopic (exact) mass is 173 g/mol. The van der Waals surface area contributed by atoms with Gasteiger partial charge in [-0.3, -0.25) is 4.79 Å². The Bertz CT molecular complexity index is 183. The van der Waals surface area contributed by atoms with E-state index in [0.29, 0.717) is 0 Å². The number of carbonyl (C=O) groups is 1. The number of aliphatic carboxylic acids is 1. The number of carboxylic acid groups (broad SMARTS) is 1.